The number of piperidine rings is 1. The standard InChI is InChI=1S/C19H30N4O2/c1-21-13-16(12-20-21)14-22-10-6-19(7-11-22)5-4-17(25-15-19)18(24)23-8-2-3-9-23/h12-13,17H,2-11,14-15H2,1H3/t17-/m1/s1. The molecule has 25 heavy (non-hydrogen) atoms. The first-order valence-corrected chi connectivity index (χ1v) is 9.74. The summed E-state index contributed by atoms with van der Waals surface area (Å²) in [4.78, 5) is 17.0. The molecule has 0 radical (unpaired) electrons. The Morgan fingerprint density at radius 2 is 2.00 bits per heavy atom. The van der Waals surface area contributed by atoms with Crippen LogP contribution in [0.1, 0.15) is 44.1 Å². The summed E-state index contributed by atoms with van der Waals surface area (Å²) in [5.41, 5.74) is 1.59. The molecule has 138 valence electrons. The van der Waals surface area contributed by atoms with Crippen LogP contribution in [0.3, 0.4) is 0 Å². The molecule has 1 atom stereocenters. The van der Waals surface area contributed by atoms with E-state index in [4.69, 9.17) is 4.74 Å². The Balaban J connectivity index is 1.25. The van der Waals surface area contributed by atoms with E-state index in [0.29, 0.717) is 5.41 Å². The number of hydrogen-bond donors (Lipinski definition) is 0. The number of aryl methyl sites for hydroxylation is 1. The van der Waals surface area contributed by atoms with Crippen LogP contribution >= 0.6 is 0 Å². The van der Waals surface area contributed by atoms with E-state index in [2.05, 4.69) is 16.2 Å². The highest BCUT2D eigenvalue weighted by molar-refractivity contribution is 5.81. The monoisotopic (exact) mass is 346 g/mol. The van der Waals surface area contributed by atoms with Gasteiger partial charge in [0.15, 0.2) is 0 Å². The van der Waals surface area contributed by atoms with E-state index in [9.17, 15) is 4.79 Å². The predicted octanol–water partition coefficient (Wildman–Crippen LogP) is 1.80. The molecule has 3 aliphatic heterocycles. The summed E-state index contributed by atoms with van der Waals surface area (Å²) >= 11 is 0. The lowest BCUT2D eigenvalue weighted by Crippen LogP contribution is -2.49. The van der Waals surface area contributed by atoms with Gasteiger partial charge in [-0.05, 0) is 57.0 Å². The van der Waals surface area contributed by atoms with Gasteiger partial charge in [0.25, 0.3) is 5.91 Å². The van der Waals surface area contributed by atoms with Crippen molar-refractivity contribution in [2.75, 3.05) is 32.8 Å². The molecule has 0 saturated carbocycles. The molecule has 3 fully saturated rings. The Hall–Kier alpha value is -1.40. The Morgan fingerprint density at radius 3 is 2.60 bits per heavy atom. The topological polar surface area (TPSA) is 50.6 Å². The molecule has 3 aliphatic rings. The van der Waals surface area contributed by atoms with Gasteiger partial charge in [-0.15, -0.1) is 0 Å². The number of likely N-dealkylation sites (tertiary alicyclic amines) is 2. The van der Waals surface area contributed by atoms with Crippen LogP contribution in [0.15, 0.2) is 12.4 Å². The SMILES string of the molecule is Cn1cc(CN2CCC3(CC[C@H](C(=O)N4CCCC4)OC3)CC2)cn1. The van der Waals surface area contributed by atoms with E-state index < -0.39 is 0 Å². The maximum atomic E-state index is 12.5. The summed E-state index contributed by atoms with van der Waals surface area (Å²) in [7, 11) is 1.97. The largest absolute Gasteiger partial charge is 0.368 e. The van der Waals surface area contributed by atoms with Crippen molar-refractivity contribution in [3.8, 4) is 0 Å². The summed E-state index contributed by atoms with van der Waals surface area (Å²) in [5.74, 6) is 0.237. The second-order valence-electron chi connectivity index (χ2n) is 8.17. The number of hydrogen-bond acceptors (Lipinski definition) is 4. The Morgan fingerprint density at radius 1 is 1.24 bits per heavy atom. The van der Waals surface area contributed by atoms with Crippen molar-refractivity contribution >= 4 is 5.91 Å². The zero-order valence-electron chi connectivity index (χ0n) is 15.3. The molecule has 4 rings (SSSR count). The summed E-state index contributed by atoms with van der Waals surface area (Å²) in [6.45, 7) is 5.82. The number of aromatic nitrogens is 2. The molecule has 1 amide bonds. The molecular weight excluding hydrogens is 316 g/mol. The van der Waals surface area contributed by atoms with Gasteiger partial charge < -0.3 is 9.64 Å². The average Bonchev–Trinajstić information content (AvgIpc) is 3.29. The molecule has 4 heterocycles. The number of carbonyl (C=O) groups is 1. The van der Waals surface area contributed by atoms with Crippen LogP contribution < -0.4 is 0 Å². The number of nitrogens with zero attached hydrogens (tertiary/aromatic N) is 4. The predicted molar refractivity (Wildman–Crippen MR) is 94.9 cm³/mol. The smallest absolute Gasteiger partial charge is 0.251 e. The fourth-order valence-electron chi connectivity index (χ4n) is 4.60. The van der Waals surface area contributed by atoms with Gasteiger partial charge in [0.1, 0.15) is 6.10 Å². The van der Waals surface area contributed by atoms with Crippen LogP contribution in [0.2, 0.25) is 0 Å². The van der Waals surface area contributed by atoms with Crippen molar-refractivity contribution < 1.29 is 9.53 Å². The molecule has 3 saturated heterocycles. The van der Waals surface area contributed by atoms with Crippen LogP contribution in [0.4, 0.5) is 0 Å². The highest BCUT2D eigenvalue weighted by Crippen LogP contribution is 2.41. The number of ether oxygens (including phenoxy) is 1. The maximum absolute atomic E-state index is 12.5. The Bertz CT molecular complexity index is 590. The van der Waals surface area contributed by atoms with Crippen LogP contribution in [0, 0.1) is 5.41 Å². The number of amides is 1. The van der Waals surface area contributed by atoms with Crippen molar-refractivity contribution in [3.05, 3.63) is 18.0 Å². The van der Waals surface area contributed by atoms with E-state index in [1.165, 1.54) is 18.4 Å². The maximum Gasteiger partial charge on any atom is 0.251 e. The lowest BCUT2D eigenvalue weighted by molar-refractivity contribution is -0.154. The Kier molecular flexibility index (Phi) is 4.82. The van der Waals surface area contributed by atoms with Crippen LogP contribution in [-0.2, 0) is 23.1 Å². The lowest BCUT2D eigenvalue weighted by atomic mass is 9.73. The first-order chi connectivity index (χ1) is 12.1. The minimum atomic E-state index is -0.183. The molecule has 0 bridgehead atoms. The second-order valence-corrected chi connectivity index (χ2v) is 8.17. The van der Waals surface area contributed by atoms with E-state index >= 15 is 0 Å². The molecule has 6 heteroatoms. The quantitative estimate of drug-likeness (QED) is 0.837. The van der Waals surface area contributed by atoms with E-state index in [1.54, 1.807) is 0 Å². The second kappa shape index (κ2) is 7.08. The van der Waals surface area contributed by atoms with Gasteiger partial charge in [0.05, 0.1) is 12.8 Å². The van der Waals surface area contributed by atoms with E-state index in [1.807, 2.05) is 22.8 Å². The molecule has 1 aromatic heterocycles. The zero-order valence-corrected chi connectivity index (χ0v) is 15.3. The van der Waals surface area contributed by atoms with Gasteiger partial charge in [-0.25, -0.2) is 0 Å². The fraction of sp³-hybridized carbons (Fsp3) is 0.789. The minimum absolute atomic E-state index is 0.183. The van der Waals surface area contributed by atoms with E-state index in [-0.39, 0.29) is 12.0 Å². The van der Waals surface area contributed by atoms with Crippen LogP contribution in [0.25, 0.3) is 0 Å². The summed E-state index contributed by atoms with van der Waals surface area (Å²) < 4.78 is 7.95. The third-order valence-electron chi connectivity index (χ3n) is 6.30. The van der Waals surface area contributed by atoms with Gasteiger partial charge in [-0.2, -0.15) is 5.10 Å². The molecule has 0 unspecified atom stereocenters. The van der Waals surface area contributed by atoms with E-state index in [0.717, 1.165) is 65.0 Å². The first kappa shape index (κ1) is 17.0. The molecule has 6 nitrogen and oxygen atoms in total. The Labute approximate surface area is 150 Å². The van der Waals surface area contributed by atoms with Crippen molar-refractivity contribution in [2.45, 2.75) is 51.2 Å². The molecule has 1 spiro atoms. The van der Waals surface area contributed by atoms with Gasteiger partial charge >= 0.3 is 0 Å². The molecule has 1 aromatic rings. The highest BCUT2D eigenvalue weighted by Gasteiger charge is 2.41. The average molecular weight is 346 g/mol. The highest BCUT2D eigenvalue weighted by atomic mass is 16.5. The van der Waals surface area contributed by atoms with Gasteiger partial charge in [-0.3, -0.25) is 14.4 Å². The van der Waals surface area contributed by atoms with Crippen molar-refractivity contribution in [1.82, 2.24) is 19.6 Å². The number of carbonyl (C=O) groups excluding carboxylic acids is 1. The number of rotatable bonds is 3. The fourth-order valence-corrected chi connectivity index (χ4v) is 4.60. The normalized spacial score (nSPS) is 27.1. The molecule has 0 N–H and O–H groups in total. The first-order valence-electron chi connectivity index (χ1n) is 9.74. The molecular formula is C19H30N4O2. The van der Waals surface area contributed by atoms with Crippen molar-refractivity contribution in [3.63, 3.8) is 0 Å². The zero-order chi connectivity index (χ0) is 17.3. The molecule has 0 aliphatic carbocycles. The van der Waals surface area contributed by atoms with Gasteiger partial charge in [-0.1, -0.05) is 0 Å². The van der Waals surface area contributed by atoms with Crippen LogP contribution in [0.5, 0.6) is 0 Å². The lowest BCUT2D eigenvalue weighted by Gasteiger charge is -2.45. The summed E-state index contributed by atoms with van der Waals surface area (Å²) in [6, 6.07) is 0. The third-order valence-corrected chi connectivity index (χ3v) is 6.30. The molecule has 0 aromatic carbocycles. The van der Waals surface area contributed by atoms with Crippen LogP contribution in [-0.4, -0.2) is 64.4 Å². The van der Waals surface area contributed by atoms with Crippen molar-refractivity contribution in [2.24, 2.45) is 12.5 Å². The minimum Gasteiger partial charge on any atom is -0.368 e. The van der Waals surface area contributed by atoms with Crippen molar-refractivity contribution in [1.29, 1.82) is 0 Å². The van der Waals surface area contributed by atoms with Gasteiger partial charge in [0.2, 0.25) is 0 Å². The van der Waals surface area contributed by atoms with Gasteiger partial charge in [0, 0.05) is 38.4 Å². The summed E-state index contributed by atoms with van der Waals surface area (Å²) in [6.07, 6.45) is 10.6. The third kappa shape index (κ3) is 3.75. The summed E-state index contributed by atoms with van der Waals surface area (Å²) in [5, 5.41) is 4.26.